The molecule has 2 heterocycles. The number of aromatic nitrogens is 1. The van der Waals surface area contributed by atoms with Gasteiger partial charge in [-0.1, -0.05) is 6.07 Å². The third-order valence-corrected chi connectivity index (χ3v) is 4.73. The van der Waals surface area contributed by atoms with E-state index in [1.165, 1.54) is 24.3 Å². The fraction of sp³-hybridized carbons (Fsp3) is 0.350. The van der Waals surface area contributed by atoms with Gasteiger partial charge >= 0.3 is 0 Å². The van der Waals surface area contributed by atoms with Crippen LogP contribution in [0.4, 0.5) is 4.39 Å². The topological polar surface area (TPSA) is 62.3 Å². The molecule has 0 unspecified atom stereocenters. The molecule has 1 aromatic carbocycles. The van der Waals surface area contributed by atoms with E-state index in [0.717, 1.165) is 5.69 Å². The highest BCUT2D eigenvalue weighted by Gasteiger charge is 2.28. The van der Waals surface area contributed by atoms with Crippen LogP contribution in [0.3, 0.4) is 0 Å². The molecule has 2 aromatic rings. The molecule has 6 heteroatoms. The SMILES string of the molecule is C[C@@H](NC(=O)C1CCN(C(=O)c2ccc(F)cc2)CC1)c1ccccn1. The van der Waals surface area contributed by atoms with Gasteiger partial charge in [-0.15, -0.1) is 0 Å². The van der Waals surface area contributed by atoms with Gasteiger partial charge in [0.1, 0.15) is 5.82 Å². The summed E-state index contributed by atoms with van der Waals surface area (Å²) in [5, 5.41) is 3.00. The van der Waals surface area contributed by atoms with Crippen molar-refractivity contribution in [1.82, 2.24) is 15.2 Å². The van der Waals surface area contributed by atoms with Crippen LogP contribution in [0.1, 0.15) is 41.9 Å². The molecule has 0 spiro atoms. The van der Waals surface area contributed by atoms with Crippen LogP contribution in [0, 0.1) is 11.7 Å². The number of pyridine rings is 1. The Balaban J connectivity index is 1.52. The molecule has 26 heavy (non-hydrogen) atoms. The fourth-order valence-electron chi connectivity index (χ4n) is 3.16. The molecule has 2 amide bonds. The minimum absolute atomic E-state index is 0.00275. The van der Waals surface area contributed by atoms with Crippen LogP contribution in [0.5, 0.6) is 0 Å². The Hall–Kier alpha value is -2.76. The van der Waals surface area contributed by atoms with Crippen LogP contribution in [-0.4, -0.2) is 34.8 Å². The van der Waals surface area contributed by atoms with Gasteiger partial charge in [0.05, 0.1) is 11.7 Å². The van der Waals surface area contributed by atoms with Gasteiger partial charge < -0.3 is 10.2 Å². The number of benzene rings is 1. The van der Waals surface area contributed by atoms with Crippen molar-refractivity contribution in [3.05, 3.63) is 65.7 Å². The zero-order valence-electron chi connectivity index (χ0n) is 14.7. The molecule has 0 saturated carbocycles. The number of amides is 2. The molecule has 1 N–H and O–H groups in total. The summed E-state index contributed by atoms with van der Waals surface area (Å²) >= 11 is 0. The maximum Gasteiger partial charge on any atom is 0.253 e. The first-order valence-electron chi connectivity index (χ1n) is 8.81. The van der Waals surface area contributed by atoms with E-state index < -0.39 is 0 Å². The number of nitrogens with zero attached hydrogens (tertiary/aromatic N) is 2. The number of hydrogen-bond acceptors (Lipinski definition) is 3. The Morgan fingerprint density at radius 1 is 1.15 bits per heavy atom. The largest absolute Gasteiger partial charge is 0.348 e. The highest BCUT2D eigenvalue weighted by Crippen LogP contribution is 2.21. The van der Waals surface area contributed by atoms with Gasteiger partial charge in [-0.3, -0.25) is 14.6 Å². The lowest BCUT2D eigenvalue weighted by Crippen LogP contribution is -2.43. The second-order valence-electron chi connectivity index (χ2n) is 6.56. The van der Waals surface area contributed by atoms with Crippen molar-refractivity contribution in [3.8, 4) is 0 Å². The van der Waals surface area contributed by atoms with Gasteiger partial charge in [-0.25, -0.2) is 4.39 Å². The van der Waals surface area contributed by atoms with Gasteiger partial charge in [-0.2, -0.15) is 0 Å². The summed E-state index contributed by atoms with van der Waals surface area (Å²) in [5.41, 5.74) is 1.29. The number of carbonyl (C=O) groups excluding carboxylic acids is 2. The minimum atomic E-state index is -0.362. The van der Waals surface area contributed by atoms with Crippen molar-refractivity contribution in [2.24, 2.45) is 5.92 Å². The van der Waals surface area contributed by atoms with E-state index in [9.17, 15) is 14.0 Å². The number of nitrogens with one attached hydrogen (secondary N) is 1. The lowest BCUT2D eigenvalue weighted by Gasteiger charge is -2.32. The molecule has 136 valence electrons. The number of carbonyl (C=O) groups is 2. The summed E-state index contributed by atoms with van der Waals surface area (Å²) in [6.45, 7) is 2.95. The highest BCUT2D eigenvalue weighted by molar-refractivity contribution is 5.94. The maximum atomic E-state index is 13.0. The standard InChI is InChI=1S/C20H22FN3O2/c1-14(18-4-2-3-11-22-18)23-19(25)15-9-12-24(13-10-15)20(26)16-5-7-17(21)8-6-16/h2-8,11,14-15H,9-10,12-13H2,1H3,(H,23,25)/t14-/m1/s1. The van der Waals surface area contributed by atoms with Gasteiger partial charge in [0.25, 0.3) is 5.91 Å². The Morgan fingerprint density at radius 3 is 2.46 bits per heavy atom. The van der Waals surface area contributed by atoms with Crippen LogP contribution in [-0.2, 0) is 4.79 Å². The first-order valence-corrected chi connectivity index (χ1v) is 8.81. The third kappa shape index (κ3) is 4.25. The number of piperidine rings is 1. The monoisotopic (exact) mass is 355 g/mol. The summed E-state index contributed by atoms with van der Waals surface area (Å²) in [7, 11) is 0. The molecular weight excluding hydrogens is 333 g/mol. The van der Waals surface area contributed by atoms with Gasteiger partial charge in [0, 0.05) is 30.8 Å². The maximum absolute atomic E-state index is 13.0. The predicted molar refractivity (Wildman–Crippen MR) is 95.8 cm³/mol. The number of rotatable bonds is 4. The summed E-state index contributed by atoms with van der Waals surface area (Å²) in [5.74, 6) is -0.597. The zero-order chi connectivity index (χ0) is 18.5. The van der Waals surface area contributed by atoms with Crippen molar-refractivity contribution in [2.45, 2.75) is 25.8 Å². The first kappa shape index (κ1) is 18.0. The molecule has 3 rings (SSSR count). The second-order valence-corrected chi connectivity index (χ2v) is 6.56. The molecule has 1 aliphatic rings. The van der Waals surface area contributed by atoms with Crippen molar-refractivity contribution in [3.63, 3.8) is 0 Å². The lowest BCUT2D eigenvalue weighted by molar-refractivity contribution is -0.127. The molecule has 1 fully saturated rings. The Labute approximate surface area is 152 Å². The fourth-order valence-corrected chi connectivity index (χ4v) is 3.16. The summed E-state index contributed by atoms with van der Waals surface area (Å²) < 4.78 is 13.0. The number of halogens is 1. The molecule has 0 bridgehead atoms. The van der Waals surface area contributed by atoms with Crippen LogP contribution in [0.25, 0.3) is 0 Å². The van der Waals surface area contributed by atoms with Crippen molar-refractivity contribution in [1.29, 1.82) is 0 Å². The molecule has 0 radical (unpaired) electrons. The van der Waals surface area contributed by atoms with Gasteiger partial charge in [0.15, 0.2) is 0 Å². The summed E-state index contributed by atoms with van der Waals surface area (Å²) in [6, 6.07) is 11.0. The summed E-state index contributed by atoms with van der Waals surface area (Å²) in [6.07, 6.45) is 2.94. The highest BCUT2D eigenvalue weighted by atomic mass is 19.1. The normalized spacial score (nSPS) is 16.2. The van der Waals surface area contributed by atoms with Gasteiger partial charge in [0.2, 0.25) is 5.91 Å². The smallest absolute Gasteiger partial charge is 0.253 e. The van der Waals surface area contributed by atoms with E-state index in [-0.39, 0.29) is 29.6 Å². The Kier molecular flexibility index (Phi) is 5.61. The first-order chi connectivity index (χ1) is 12.5. The molecule has 1 aromatic heterocycles. The number of likely N-dealkylation sites (tertiary alicyclic amines) is 1. The molecule has 0 aliphatic carbocycles. The van der Waals surface area contributed by atoms with Crippen LogP contribution < -0.4 is 5.32 Å². The zero-order valence-corrected chi connectivity index (χ0v) is 14.7. The molecule has 1 saturated heterocycles. The Bertz CT molecular complexity index is 756. The van der Waals surface area contributed by atoms with E-state index in [1.54, 1.807) is 11.1 Å². The van der Waals surface area contributed by atoms with E-state index in [0.29, 0.717) is 31.5 Å². The van der Waals surface area contributed by atoms with E-state index >= 15 is 0 Å². The van der Waals surface area contributed by atoms with Crippen molar-refractivity contribution in [2.75, 3.05) is 13.1 Å². The average molecular weight is 355 g/mol. The van der Waals surface area contributed by atoms with Gasteiger partial charge in [-0.05, 0) is 56.2 Å². The quantitative estimate of drug-likeness (QED) is 0.917. The van der Waals surface area contributed by atoms with Crippen molar-refractivity contribution >= 4 is 11.8 Å². The Morgan fingerprint density at radius 2 is 1.85 bits per heavy atom. The van der Waals surface area contributed by atoms with E-state index in [1.807, 2.05) is 25.1 Å². The molecule has 5 nitrogen and oxygen atoms in total. The lowest BCUT2D eigenvalue weighted by atomic mass is 9.95. The average Bonchev–Trinajstić information content (AvgIpc) is 2.69. The molecule has 1 atom stereocenters. The van der Waals surface area contributed by atoms with E-state index in [2.05, 4.69) is 10.3 Å². The van der Waals surface area contributed by atoms with Crippen LogP contribution >= 0.6 is 0 Å². The third-order valence-electron chi connectivity index (χ3n) is 4.73. The minimum Gasteiger partial charge on any atom is -0.348 e. The predicted octanol–water partition coefficient (Wildman–Crippen LogP) is 2.95. The second kappa shape index (κ2) is 8.08. The summed E-state index contributed by atoms with van der Waals surface area (Å²) in [4.78, 5) is 30.9. The van der Waals surface area contributed by atoms with Crippen LogP contribution in [0.15, 0.2) is 48.7 Å². The van der Waals surface area contributed by atoms with Crippen LogP contribution in [0.2, 0.25) is 0 Å². The van der Waals surface area contributed by atoms with Crippen molar-refractivity contribution < 1.29 is 14.0 Å². The number of hydrogen-bond donors (Lipinski definition) is 1. The van der Waals surface area contributed by atoms with E-state index in [4.69, 9.17) is 0 Å². The molecular formula is C20H22FN3O2. The molecule has 1 aliphatic heterocycles.